The Morgan fingerprint density at radius 2 is 1.50 bits per heavy atom. The maximum absolute atomic E-state index is 5.01. The topological polar surface area (TPSA) is 0 Å². The number of rotatable bonds is 2. The van der Waals surface area contributed by atoms with Gasteiger partial charge in [-0.15, -0.1) is 0 Å². The third-order valence-electron chi connectivity index (χ3n) is 0.526. The van der Waals surface area contributed by atoms with Crippen LogP contribution in [0.2, 0.25) is 0 Å². The molecule has 8 heavy (non-hydrogen) atoms. The van der Waals surface area contributed by atoms with E-state index >= 15 is 0 Å². The molecule has 0 aromatic rings. The van der Waals surface area contributed by atoms with Crippen LogP contribution in [0.5, 0.6) is 0 Å². The van der Waals surface area contributed by atoms with Gasteiger partial charge in [0.1, 0.15) is 0 Å². The first-order chi connectivity index (χ1) is 2.81. The molecule has 0 fully saturated rings. The maximum atomic E-state index is 5.01. The summed E-state index contributed by atoms with van der Waals surface area (Å²) < 4.78 is 0. The van der Waals surface area contributed by atoms with Crippen molar-refractivity contribution >= 4 is 0 Å². The van der Waals surface area contributed by atoms with Crippen molar-refractivity contribution in [2.75, 3.05) is 0 Å². The molecule has 0 saturated heterocycles. The minimum Gasteiger partial charge on any atom is -0.548 e. The van der Waals surface area contributed by atoms with Gasteiger partial charge in [0.05, 0.1) is 0 Å². The van der Waals surface area contributed by atoms with Gasteiger partial charge in [-0.3, -0.25) is 0 Å². The molecule has 51 valence electrons. The van der Waals surface area contributed by atoms with Gasteiger partial charge in [0.25, 0.3) is 0 Å². The van der Waals surface area contributed by atoms with Gasteiger partial charge in [-0.25, -0.2) is 0 Å². The molecule has 0 atom stereocenters. The average molecular weight is 579 g/mol. The van der Waals surface area contributed by atoms with Gasteiger partial charge < -0.3 is 31.2 Å². The second kappa shape index (κ2) is 9.64. The molecule has 2 heteroatoms. The predicted octanol–water partition coefficient (Wildman–Crippen LogP) is 1.56. The Labute approximate surface area is 69.1 Å². The van der Waals surface area contributed by atoms with Crippen LogP contribution in [0.1, 0.15) is 6.92 Å². The number of hydrogen-bond acceptors (Lipinski definition) is 0. The van der Waals surface area contributed by atoms with Crippen LogP contribution in [-0.2, 0) is 0 Å². The third kappa shape index (κ3) is 9.04. The van der Waals surface area contributed by atoms with Crippen LogP contribution in [-0.4, -0.2) is 0 Å². The van der Waals surface area contributed by atoms with E-state index in [9.17, 15) is 0 Å². The normalized spacial score (nSPS) is 5.12. The zero-order valence-corrected chi connectivity index (χ0v) is 10.9. The van der Waals surface area contributed by atoms with Crippen molar-refractivity contribution in [3.8, 4) is 0 Å². The van der Waals surface area contributed by atoms with E-state index in [0.29, 0.717) is 0 Å². The second-order valence-electron chi connectivity index (χ2n) is 1.08. The van der Waals surface area contributed by atoms with Crippen molar-refractivity contribution in [2.45, 2.75) is 6.92 Å². The molecule has 1 radical (unpaired) electrons. The molecule has 0 amide bonds. The molecule has 0 aliphatic heterocycles. The Morgan fingerprint density at radius 1 is 1.25 bits per heavy atom. The minimum atomic E-state index is 0. The van der Waals surface area contributed by atoms with Crippen LogP contribution in [0.25, 0.3) is 0 Å². The van der Waals surface area contributed by atoms with Crippen molar-refractivity contribution < 1.29 is 31.1 Å². The van der Waals surface area contributed by atoms with Crippen molar-refractivity contribution in [3.05, 3.63) is 31.2 Å². The van der Waals surface area contributed by atoms with Crippen molar-refractivity contribution in [2.24, 2.45) is 0 Å². The fourth-order valence-electron chi connectivity index (χ4n) is 0.0556. The summed E-state index contributed by atoms with van der Waals surface area (Å²) in [6.45, 7) is 11.9. The summed E-state index contributed by atoms with van der Waals surface area (Å²) in [7, 11) is 0. The first kappa shape index (κ1) is 15.7. The van der Waals surface area contributed by atoms with E-state index in [0.717, 1.165) is 5.92 Å². The van der Waals surface area contributed by atoms with Gasteiger partial charge in [-0.1, -0.05) is 0 Å². The third-order valence-corrected chi connectivity index (χ3v) is 0.526. The van der Waals surface area contributed by atoms with E-state index in [2.05, 4.69) is 0 Å². The van der Waals surface area contributed by atoms with Gasteiger partial charge >= 0.3 is 31.1 Å². The quantitative estimate of drug-likeness (QED) is 0.437. The Balaban J connectivity index is -0.000000125. The molecule has 0 heterocycles. The molecule has 0 aliphatic rings. The summed E-state index contributed by atoms with van der Waals surface area (Å²) in [5.74, 6) is 0.898. The Hall–Kier alpha value is -0.598. The molecule has 0 rings (SSSR count). The van der Waals surface area contributed by atoms with E-state index in [-0.39, 0.29) is 31.1 Å². The SMILES string of the molecule is [CH-]=C[C-](C)C=[CH-].[Lr].[U+2]. The largest absolute Gasteiger partial charge is 2.00 e. The van der Waals surface area contributed by atoms with Crippen molar-refractivity contribution in [3.63, 3.8) is 0 Å². The minimum absolute atomic E-state index is 0. The molecule has 0 unspecified atom stereocenters. The first-order valence-electron chi connectivity index (χ1n) is 1.74. The van der Waals surface area contributed by atoms with E-state index in [1.165, 1.54) is 12.2 Å². The van der Waals surface area contributed by atoms with Gasteiger partial charge in [-0.2, -0.15) is 6.92 Å². The Kier molecular flexibility index (Phi) is 18.9. The van der Waals surface area contributed by atoms with Crippen LogP contribution < -0.4 is 0 Å². The molecule has 0 aliphatic carbocycles. The van der Waals surface area contributed by atoms with E-state index < -0.39 is 0 Å². The molecule has 0 spiro atoms. The summed E-state index contributed by atoms with van der Waals surface area (Å²) in [5, 5.41) is 0. The summed E-state index contributed by atoms with van der Waals surface area (Å²) in [4.78, 5) is 0. The molecule has 0 nitrogen and oxygen atoms in total. The number of hydrogen-bond donors (Lipinski definition) is 0. The van der Waals surface area contributed by atoms with Gasteiger partial charge in [-0.05, 0) is 0 Å². The Morgan fingerprint density at radius 3 is 1.50 bits per heavy atom. The fraction of sp³-hybridized carbons (Fsp3) is 0.167. The summed E-state index contributed by atoms with van der Waals surface area (Å²) >= 11 is 0. The first-order valence-corrected chi connectivity index (χ1v) is 1.74. The average Bonchev–Trinajstić information content (AvgIpc) is 1.65. The molecule has 0 bridgehead atoms. The monoisotopic (exact) mass is 579 g/mol. The van der Waals surface area contributed by atoms with Crippen LogP contribution >= 0.6 is 0 Å². The second-order valence-corrected chi connectivity index (χ2v) is 1.08. The molecular weight excluding hydrogens is 572 g/mol. The molecule has 0 saturated carbocycles. The fourth-order valence-corrected chi connectivity index (χ4v) is 0.0556. The molecule has 0 aromatic carbocycles. The summed E-state index contributed by atoms with van der Waals surface area (Å²) in [6, 6.07) is 0. The Bertz CT molecular complexity index is 53.5. The maximum Gasteiger partial charge on any atom is 2.00 e. The van der Waals surface area contributed by atoms with E-state index in [1.807, 2.05) is 6.92 Å². The van der Waals surface area contributed by atoms with Crippen LogP contribution in [0.4, 0.5) is 0 Å². The van der Waals surface area contributed by atoms with Crippen LogP contribution in [0.3, 0.4) is 0 Å². The van der Waals surface area contributed by atoms with Gasteiger partial charge in [0.2, 0.25) is 0 Å². The standard InChI is InChI=1S/C6H7.Lr.U/c1-4-6(3)5-2;;/h1-2,4-5H,3H3;;/q-3;;+2. The van der Waals surface area contributed by atoms with Crippen LogP contribution in [0, 0.1) is 50.2 Å². The van der Waals surface area contributed by atoms with E-state index in [4.69, 9.17) is 13.2 Å². The van der Waals surface area contributed by atoms with Crippen molar-refractivity contribution in [1.82, 2.24) is 0 Å². The number of allylic oxidation sites excluding steroid dienone is 2. The van der Waals surface area contributed by atoms with Crippen molar-refractivity contribution in [1.29, 1.82) is 0 Å². The van der Waals surface area contributed by atoms with E-state index in [1.54, 1.807) is 0 Å². The zero-order valence-electron chi connectivity index (χ0n) is 4.57. The molecule has 0 N–H and O–H groups in total. The summed E-state index contributed by atoms with van der Waals surface area (Å²) in [6.07, 6.45) is 2.92. The molecular formula is C6H7LrU-. The summed E-state index contributed by atoms with van der Waals surface area (Å²) in [5.41, 5.74) is 0. The zero-order chi connectivity index (χ0) is 4.99. The molecule has 0 aromatic heterocycles. The predicted molar refractivity (Wildman–Crippen MR) is 26.7 cm³/mol. The van der Waals surface area contributed by atoms with Crippen LogP contribution in [0.15, 0.2) is 12.2 Å². The van der Waals surface area contributed by atoms with Gasteiger partial charge in [0, 0.05) is 0 Å². The smallest absolute Gasteiger partial charge is 0.548 e. The van der Waals surface area contributed by atoms with Gasteiger partial charge in [0.15, 0.2) is 0 Å².